The standard InChI is InChI=1S/C15H15FN2O3/c1-20-12-5-6-14(13(17)8-12)21-9-15(19)18-11-4-2-3-10(16)7-11/h2-8H,9,17H2,1H3,(H,18,19). The van der Waals surface area contributed by atoms with Crippen molar-refractivity contribution in [3.8, 4) is 11.5 Å². The van der Waals surface area contributed by atoms with Gasteiger partial charge in [-0.05, 0) is 30.3 Å². The fourth-order valence-electron chi connectivity index (χ4n) is 1.69. The number of rotatable bonds is 5. The second-order valence-corrected chi connectivity index (χ2v) is 4.25. The van der Waals surface area contributed by atoms with Crippen LogP contribution in [0.25, 0.3) is 0 Å². The van der Waals surface area contributed by atoms with Crippen molar-refractivity contribution in [1.29, 1.82) is 0 Å². The highest BCUT2D eigenvalue weighted by atomic mass is 19.1. The lowest BCUT2D eigenvalue weighted by atomic mass is 10.3. The number of ether oxygens (including phenoxy) is 2. The Morgan fingerprint density at radius 3 is 2.76 bits per heavy atom. The molecule has 21 heavy (non-hydrogen) atoms. The summed E-state index contributed by atoms with van der Waals surface area (Å²) >= 11 is 0. The molecule has 110 valence electrons. The summed E-state index contributed by atoms with van der Waals surface area (Å²) in [6, 6.07) is 10.5. The van der Waals surface area contributed by atoms with Crippen LogP contribution in [0, 0.1) is 5.82 Å². The molecule has 0 aromatic heterocycles. The molecule has 1 amide bonds. The Kier molecular flexibility index (Phi) is 4.61. The van der Waals surface area contributed by atoms with Gasteiger partial charge in [0.2, 0.25) is 0 Å². The van der Waals surface area contributed by atoms with Crippen molar-refractivity contribution >= 4 is 17.3 Å². The van der Waals surface area contributed by atoms with E-state index in [4.69, 9.17) is 15.2 Å². The van der Waals surface area contributed by atoms with E-state index in [9.17, 15) is 9.18 Å². The minimum Gasteiger partial charge on any atom is -0.497 e. The van der Waals surface area contributed by atoms with Crippen LogP contribution in [0.3, 0.4) is 0 Å². The number of anilines is 2. The molecule has 2 aromatic carbocycles. The van der Waals surface area contributed by atoms with Crippen LogP contribution in [0.2, 0.25) is 0 Å². The van der Waals surface area contributed by atoms with Crippen molar-refractivity contribution in [3.05, 3.63) is 48.3 Å². The summed E-state index contributed by atoms with van der Waals surface area (Å²) in [6.45, 7) is -0.229. The molecule has 0 heterocycles. The topological polar surface area (TPSA) is 73.6 Å². The Morgan fingerprint density at radius 1 is 1.29 bits per heavy atom. The molecular weight excluding hydrogens is 275 g/mol. The zero-order valence-corrected chi connectivity index (χ0v) is 11.4. The molecule has 0 saturated carbocycles. The Bertz CT molecular complexity index is 647. The highest BCUT2D eigenvalue weighted by molar-refractivity contribution is 5.91. The lowest BCUT2D eigenvalue weighted by Crippen LogP contribution is -2.20. The first-order valence-corrected chi connectivity index (χ1v) is 6.20. The first kappa shape index (κ1) is 14.6. The van der Waals surface area contributed by atoms with Gasteiger partial charge in [0.1, 0.15) is 17.3 Å². The molecule has 0 spiro atoms. The van der Waals surface area contributed by atoms with Gasteiger partial charge in [-0.25, -0.2) is 4.39 Å². The predicted octanol–water partition coefficient (Wildman–Crippen LogP) is 2.43. The predicted molar refractivity (Wildman–Crippen MR) is 77.9 cm³/mol. The number of methoxy groups -OCH3 is 1. The zero-order chi connectivity index (χ0) is 15.2. The van der Waals surface area contributed by atoms with Gasteiger partial charge in [-0.1, -0.05) is 6.07 Å². The summed E-state index contributed by atoms with van der Waals surface area (Å²) in [5.41, 5.74) is 6.50. The van der Waals surface area contributed by atoms with Crippen molar-refractivity contribution in [3.63, 3.8) is 0 Å². The van der Waals surface area contributed by atoms with Crippen molar-refractivity contribution in [2.45, 2.75) is 0 Å². The van der Waals surface area contributed by atoms with Gasteiger partial charge >= 0.3 is 0 Å². The molecule has 5 nitrogen and oxygen atoms in total. The van der Waals surface area contributed by atoms with E-state index in [1.54, 1.807) is 24.3 Å². The Balaban J connectivity index is 1.92. The van der Waals surface area contributed by atoms with E-state index in [1.807, 2.05) is 0 Å². The van der Waals surface area contributed by atoms with E-state index in [1.165, 1.54) is 25.3 Å². The van der Waals surface area contributed by atoms with Crippen molar-refractivity contribution < 1.29 is 18.7 Å². The quantitative estimate of drug-likeness (QED) is 0.829. The largest absolute Gasteiger partial charge is 0.497 e. The van der Waals surface area contributed by atoms with Crippen LogP contribution in [0.15, 0.2) is 42.5 Å². The minimum absolute atomic E-state index is 0.229. The maximum absolute atomic E-state index is 13.0. The molecule has 0 aliphatic rings. The van der Waals surface area contributed by atoms with Crippen LogP contribution < -0.4 is 20.5 Å². The van der Waals surface area contributed by atoms with Crippen LogP contribution in [-0.2, 0) is 4.79 Å². The van der Waals surface area contributed by atoms with Crippen LogP contribution in [0.5, 0.6) is 11.5 Å². The summed E-state index contributed by atoms with van der Waals surface area (Å²) < 4.78 is 23.3. The molecule has 6 heteroatoms. The third-order valence-corrected chi connectivity index (χ3v) is 2.68. The molecule has 0 unspecified atom stereocenters. The van der Waals surface area contributed by atoms with Crippen LogP contribution >= 0.6 is 0 Å². The van der Waals surface area contributed by atoms with Gasteiger partial charge in [0.15, 0.2) is 6.61 Å². The summed E-state index contributed by atoms with van der Waals surface area (Å²) in [7, 11) is 1.53. The van der Waals surface area contributed by atoms with E-state index in [0.717, 1.165) is 0 Å². The van der Waals surface area contributed by atoms with E-state index < -0.39 is 11.7 Å². The first-order valence-electron chi connectivity index (χ1n) is 6.20. The molecule has 3 N–H and O–H groups in total. The zero-order valence-electron chi connectivity index (χ0n) is 11.4. The highest BCUT2D eigenvalue weighted by Crippen LogP contribution is 2.26. The van der Waals surface area contributed by atoms with Gasteiger partial charge in [-0.15, -0.1) is 0 Å². The van der Waals surface area contributed by atoms with E-state index in [-0.39, 0.29) is 6.61 Å². The maximum atomic E-state index is 13.0. The van der Waals surface area contributed by atoms with Crippen molar-refractivity contribution in [2.24, 2.45) is 0 Å². The minimum atomic E-state index is -0.423. The number of benzene rings is 2. The molecule has 0 saturated heterocycles. The number of nitrogens with two attached hydrogens (primary N) is 1. The second-order valence-electron chi connectivity index (χ2n) is 4.25. The third-order valence-electron chi connectivity index (χ3n) is 2.68. The van der Waals surface area contributed by atoms with Gasteiger partial charge in [0.05, 0.1) is 12.8 Å². The number of halogens is 1. The summed E-state index contributed by atoms with van der Waals surface area (Å²) in [4.78, 5) is 11.7. The summed E-state index contributed by atoms with van der Waals surface area (Å²) in [6.07, 6.45) is 0. The fraction of sp³-hybridized carbons (Fsp3) is 0.133. The summed E-state index contributed by atoms with van der Waals surface area (Å²) in [5, 5.41) is 2.53. The molecule has 0 radical (unpaired) electrons. The normalized spacial score (nSPS) is 10.0. The van der Waals surface area contributed by atoms with Crippen molar-refractivity contribution in [1.82, 2.24) is 0 Å². The van der Waals surface area contributed by atoms with Gasteiger partial charge in [-0.2, -0.15) is 0 Å². The van der Waals surface area contributed by atoms with Gasteiger partial charge in [0, 0.05) is 11.8 Å². The molecule has 0 bridgehead atoms. The average Bonchev–Trinajstić information content (AvgIpc) is 2.46. The summed E-state index contributed by atoms with van der Waals surface area (Å²) in [5.74, 6) is 0.151. The van der Waals surface area contributed by atoms with Crippen molar-refractivity contribution in [2.75, 3.05) is 24.8 Å². The lowest BCUT2D eigenvalue weighted by Gasteiger charge is -2.10. The smallest absolute Gasteiger partial charge is 0.262 e. The third kappa shape index (κ3) is 4.10. The van der Waals surface area contributed by atoms with Crippen LogP contribution in [0.4, 0.5) is 15.8 Å². The second kappa shape index (κ2) is 6.60. The molecular formula is C15H15FN2O3. The molecule has 2 aromatic rings. The van der Waals surface area contributed by atoms with Gasteiger partial charge < -0.3 is 20.5 Å². The number of nitrogens with one attached hydrogen (secondary N) is 1. The maximum Gasteiger partial charge on any atom is 0.262 e. The number of hydrogen-bond acceptors (Lipinski definition) is 4. The Morgan fingerprint density at radius 2 is 2.10 bits per heavy atom. The van der Waals surface area contributed by atoms with E-state index in [2.05, 4.69) is 5.32 Å². The first-order chi connectivity index (χ1) is 10.1. The van der Waals surface area contributed by atoms with Gasteiger partial charge in [-0.3, -0.25) is 4.79 Å². The molecule has 0 fully saturated rings. The van der Waals surface area contributed by atoms with E-state index >= 15 is 0 Å². The average molecular weight is 290 g/mol. The Hall–Kier alpha value is -2.76. The number of carbonyl (C=O) groups is 1. The number of hydrogen-bond donors (Lipinski definition) is 2. The Labute approximate surface area is 121 Å². The van der Waals surface area contributed by atoms with E-state index in [0.29, 0.717) is 22.9 Å². The van der Waals surface area contributed by atoms with Gasteiger partial charge in [0.25, 0.3) is 5.91 Å². The number of carbonyl (C=O) groups excluding carboxylic acids is 1. The molecule has 0 aliphatic heterocycles. The fourth-order valence-corrected chi connectivity index (χ4v) is 1.69. The molecule has 0 atom stereocenters. The monoisotopic (exact) mass is 290 g/mol. The molecule has 0 aliphatic carbocycles. The SMILES string of the molecule is COc1ccc(OCC(=O)Nc2cccc(F)c2)c(N)c1. The van der Waals surface area contributed by atoms with Crippen LogP contribution in [-0.4, -0.2) is 19.6 Å². The molecule has 2 rings (SSSR count). The van der Waals surface area contributed by atoms with Crippen LogP contribution in [0.1, 0.15) is 0 Å². The highest BCUT2D eigenvalue weighted by Gasteiger charge is 2.07. The number of nitrogen functional groups attached to an aromatic ring is 1. The lowest BCUT2D eigenvalue weighted by molar-refractivity contribution is -0.118. The number of amides is 1.